The number of carbonyl (C=O) groups is 1. The fourth-order valence-electron chi connectivity index (χ4n) is 1.69. The Hall–Kier alpha value is -2.62. The van der Waals surface area contributed by atoms with Crippen molar-refractivity contribution in [3.8, 4) is 0 Å². The van der Waals surface area contributed by atoms with Gasteiger partial charge in [-0.15, -0.1) is 0 Å². The molecule has 2 aromatic carbocycles. The summed E-state index contributed by atoms with van der Waals surface area (Å²) in [6, 6.07) is 13.4. The standard InChI is InChI=1S/C16H15FN2O/c1-12-6-2-5-9-15(12)19-16(20)18-11-10-13-7-3-4-8-14(13)17/h2-11H,1H3,(H2,18,19,20)/b11-10+. The summed E-state index contributed by atoms with van der Waals surface area (Å²) in [5.41, 5.74) is 2.13. The maximum atomic E-state index is 13.3. The van der Waals surface area contributed by atoms with Crippen LogP contribution in [0.1, 0.15) is 11.1 Å². The lowest BCUT2D eigenvalue weighted by atomic mass is 10.2. The molecule has 0 spiro atoms. The molecule has 0 fully saturated rings. The highest BCUT2D eigenvalue weighted by Crippen LogP contribution is 2.12. The summed E-state index contributed by atoms with van der Waals surface area (Å²) in [5.74, 6) is -0.329. The van der Waals surface area contributed by atoms with Crippen LogP contribution >= 0.6 is 0 Å². The number of benzene rings is 2. The first-order chi connectivity index (χ1) is 9.66. The average Bonchev–Trinajstić information content (AvgIpc) is 2.43. The predicted molar refractivity (Wildman–Crippen MR) is 78.8 cm³/mol. The van der Waals surface area contributed by atoms with Crippen LogP contribution in [-0.4, -0.2) is 6.03 Å². The van der Waals surface area contributed by atoms with Gasteiger partial charge in [0.15, 0.2) is 0 Å². The van der Waals surface area contributed by atoms with Crippen molar-refractivity contribution < 1.29 is 9.18 Å². The second kappa shape index (κ2) is 6.52. The van der Waals surface area contributed by atoms with E-state index in [0.29, 0.717) is 5.56 Å². The van der Waals surface area contributed by atoms with Crippen LogP contribution in [0, 0.1) is 12.7 Å². The number of nitrogens with one attached hydrogen (secondary N) is 2. The van der Waals surface area contributed by atoms with Gasteiger partial charge in [-0.2, -0.15) is 0 Å². The Morgan fingerprint density at radius 1 is 1.10 bits per heavy atom. The third-order valence-electron chi connectivity index (χ3n) is 2.78. The lowest BCUT2D eigenvalue weighted by Gasteiger charge is -2.07. The van der Waals surface area contributed by atoms with E-state index in [1.807, 2.05) is 31.2 Å². The molecule has 20 heavy (non-hydrogen) atoms. The van der Waals surface area contributed by atoms with E-state index in [2.05, 4.69) is 10.6 Å². The first kappa shape index (κ1) is 13.8. The van der Waals surface area contributed by atoms with Gasteiger partial charge in [0.2, 0.25) is 0 Å². The molecule has 0 aromatic heterocycles. The molecule has 0 aliphatic carbocycles. The molecule has 3 nitrogen and oxygen atoms in total. The van der Waals surface area contributed by atoms with E-state index in [4.69, 9.17) is 0 Å². The van der Waals surface area contributed by atoms with Gasteiger partial charge >= 0.3 is 6.03 Å². The monoisotopic (exact) mass is 270 g/mol. The third-order valence-corrected chi connectivity index (χ3v) is 2.78. The zero-order chi connectivity index (χ0) is 14.4. The Labute approximate surface area is 117 Å². The number of halogens is 1. The summed E-state index contributed by atoms with van der Waals surface area (Å²) < 4.78 is 13.3. The first-order valence-electron chi connectivity index (χ1n) is 6.21. The van der Waals surface area contributed by atoms with Crippen LogP contribution in [0.5, 0.6) is 0 Å². The van der Waals surface area contributed by atoms with Crippen LogP contribution in [0.25, 0.3) is 6.08 Å². The minimum absolute atomic E-state index is 0.329. The number of anilines is 1. The fraction of sp³-hybridized carbons (Fsp3) is 0.0625. The van der Waals surface area contributed by atoms with E-state index in [0.717, 1.165) is 11.3 Å². The van der Waals surface area contributed by atoms with E-state index in [9.17, 15) is 9.18 Å². The summed E-state index contributed by atoms with van der Waals surface area (Å²) in [4.78, 5) is 11.7. The molecular formula is C16H15FN2O. The molecule has 2 rings (SSSR count). The van der Waals surface area contributed by atoms with Crippen LogP contribution in [0.2, 0.25) is 0 Å². The van der Waals surface area contributed by atoms with E-state index >= 15 is 0 Å². The van der Waals surface area contributed by atoms with E-state index < -0.39 is 0 Å². The molecule has 0 aliphatic heterocycles. The fourth-order valence-corrected chi connectivity index (χ4v) is 1.69. The van der Waals surface area contributed by atoms with Gasteiger partial charge in [-0.1, -0.05) is 36.4 Å². The molecule has 2 N–H and O–H groups in total. The van der Waals surface area contributed by atoms with Crippen LogP contribution < -0.4 is 10.6 Å². The molecule has 0 unspecified atom stereocenters. The van der Waals surface area contributed by atoms with Gasteiger partial charge in [-0.05, 0) is 30.7 Å². The van der Waals surface area contributed by atoms with Crippen molar-refractivity contribution in [2.24, 2.45) is 0 Å². The first-order valence-corrected chi connectivity index (χ1v) is 6.21. The molecule has 102 valence electrons. The van der Waals surface area contributed by atoms with Crippen molar-refractivity contribution in [3.05, 3.63) is 71.7 Å². The van der Waals surface area contributed by atoms with Gasteiger partial charge in [0.1, 0.15) is 5.82 Å². The van der Waals surface area contributed by atoms with Crippen molar-refractivity contribution >= 4 is 17.8 Å². The van der Waals surface area contributed by atoms with Gasteiger partial charge in [0, 0.05) is 17.5 Å². The van der Waals surface area contributed by atoms with Gasteiger partial charge < -0.3 is 10.6 Å². The molecule has 0 aliphatic rings. The maximum absolute atomic E-state index is 13.3. The summed E-state index contributed by atoms with van der Waals surface area (Å²) >= 11 is 0. The van der Waals surface area contributed by atoms with Gasteiger partial charge in [0.25, 0.3) is 0 Å². The van der Waals surface area contributed by atoms with Crippen LogP contribution in [0.4, 0.5) is 14.9 Å². The van der Waals surface area contributed by atoms with Crippen molar-refractivity contribution in [2.45, 2.75) is 6.92 Å². The highest BCUT2D eigenvalue weighted by Gasteiger charge is 2.01. The minimum atomic E-state index is -0.369. The summed E-state index contributed by atoms with van der Waals surface area (Å²) in [7, 11) is 0. The number of carbonyl (C=O) groups excluding carboxylic acids is 1. The number of para-hydroxylation sites is 1. The Bertz CT molecular complexity index is 638. The number of urea groups is 1. The molecule has 0 atom stereocenters. The molecule has 0 bridgehead atoms. The maximum Gasteiger partial charge on any atom is 0.323 e. The summed E-state index contributed by atoms with van der Waals surface area (Å²) in [5, 5.41) is 5.25. The Kier molecular flexibility index (Phi) is 4.50. The van der Waals surface area contributed by atoms with Crippen molar-refractivity contribution in [1.29, 1.82) is 0 Å². The Morgan fingerprint density at radius 3 is 2.55 bits per heavy atom. The minimum Gasteiger partial charge on any atom is -0.314 e. The zero-order valence-electron chi connectivity index (χ0n) is 11.1. The average molecular weight is 270 g/mol. The van der Waals surface area contributed by atoms with Gasteiger partial charge in [0.05, 0.1) is 0 Å². The Balaban J connectivity index is 1.93. The lowest BCUT2D eigenvalue weighted by molar-refractivity contribution is 0.255. The van der Waals surface area contributed by atoms with Crippen LogP contribution in [-0.2, 0) is 0 Å². The molecule has 0 saturated heterocycles. The normalized spacial score (nSPS) is 10.5. The zero-order valence-corrected chi connectivity index (χ0v) is 11.1. The smallest absolute Gasteiger partial charge is 0.314 e. The highest BCUT2D eigenvalue weighted by atomic mass is 19.1. The number of amides is 2. The van der Waals surface area contributed by atoms with E-state index in [1.54, 1.807) is 18.2 Å². The quantitative estimate of drug-likeness (QED) is 0.871. The summed E-state index contributed by atoms with van der Waals surface area (Å²) in [6.07, 6.45) is 2.92. The van der Waals surface area contributed by atoms with E-state index in [-0.39, 0.29) is 11.8 Å². The molecular weight excluding hydrogens is 255 g/mol. The molecule has 0 saturated carbocycles. The highest BCUT2D eigenvalue weighted by molar-refractivity contribution is 5.91. The molecule has 2 aromatic rings. The molecule has 0 heterocycles. The van der Waals surface area contributed by atoms with Crippen LogP contribution in [0.3, 0.4) is 0 Å². The molecule has 2 amide bonds. The van der Waals surface area contributed by atoms with Gasteiger partial charge in [-0.25, -0.2) is 9.18 Å². The number of hydrogen-bond donors (Lipinski definition) is 2. The lowest BCUT2D eigenvalue weighted by Crippen LogP contribution is -2.24. The second-order valence-corrected chi connectivity index (χ2v) is 4.27. The Morgan fingerprint density at radius 2 is 1.80 bits per heavy atom. The SMILES string of the molecule is Cc1ccccc1NC(=O)N/C=C/c1ccccc1F. The number of aryl methyl sites for hydroxylation is 1. The van der Waals surface area contributed by atoms with Crippen molar-refractivity contribution in [2.75, 3.05) is 5.32 Å². The van der Waals surface area contributed by atoms with Crippen LogP contribution in [0.15, 0.2) is 54.7 Å². The van der Waals surface area contributed by atoms with Gasteiger partial charge in [-0.3, -0.25) is 0 Å². The topological polar surface area (TPSA) is 41.1 Å². The molecule has 0 radical (unpaired) electrons. The number of rotatable bonds is 3. The third kappa shape index (κ3) is 3.68. The summed E-state index contributed by atoms with van der Waals surface area (Å²) in [6.45, 7) is 1.91. The largest absolute Gasteiger partial charge is 0.323 e. The molecule has 4 heteroatoms. The second-order valence-electron chi connectivity index (χ2n) is 4.27. The number of hydrogen-bond acceptors (Lipinski definition) is 1. The predicted octanol–water partition coefficient (Wildman–Crippen LogP) is 3.93. The van der Waals surface area contributed by atoms with Crippen molar-refractivity contribution in [1.82, 2.24) is 5.32 Å². The van der Waals surface area contributed by atoms with Crippen molar-refractivity contribution in [3.63, 3.8) is 0 Å². The van der Waals surface area contributed by atoms with E-state index in [1.165, 1.54) is 18.3 Å².